The molecule has 0 bridgehead atoms. The number of piperidine rings is 1. The van der Waals surface area contributed by atoms with Crippen LogP contribution in [0.3, 0.4) is 0 Å². The summed E-state index contributed by atoms with van der Waals surface area (Å²) in [6.45, 7) is 3.24. The van der Waals surface area contributed by atoms with Crippen molar-refractivity contribution >= 4 is 16.9 Å². The lowest BCUT2D eigenvalue weighted by molar-refractivity contribution is 0.0218. The molecule has 3 atom stereocenters. The number of carbonyl (C=O) groups excluding carboxylic acids is 1. The van der Waals surface area contributed by atoms with Crippen molar-refractivity contribution in [3.8, 4) is 0 Å². The molecule has 0 radical (unpaired) electrons. The summed E-state index contributed by atoms with van der Waals surface area (Å²) in [7, 11) is 0. The molecule has 2 heterocycles. The van der Waals surface area contributed by atoms with Gasteiger partial charge in [-0.1, -0.05) is 19.8 Å². The Morgan fingerprint density at radius 1 is 1.18 bits per heavy atom. The highest BCUT2D eigenvalue weighted by Gasteiger charge is 2.39. The summed E-state index contributed by atoms with van der Waals surface area (Å²) >= 11 is 0. The molecule has 1 saturated heterocycles. The van der Waals surface area contributed by atoms with Gasteiger partial charge < -0.3 is 4.90 Å². The highest BCUT2D eigenvalue weighted by molar-refractivity contribution is 5.97. The number of nitrogens with one attached hydrogen (secondary N) is 1. The fraction of sp³-hybridized carbons (Fsp3) is 0.588. The van der Waals surface area contributed by atoms with Gasteiger partial charge in [-0.15, -0.1) is 0 Å². The van der Waals surface area contributed by atoms with E-state index in [0.29, 0.717) is 12.0 Å². The van der Waals surface area contributed by atoms with Gasteiger partial charge in [0.2, 0.25) is 0 Å². The number of hydrogen-bond donors (Lipinski definition) is 1. The maximum Gasteiger partial charge on any atom is 0.254 e. The highest BCUT2D eigenvalue weighted by Crippen LogP contribution is 2.39. The van der Waals surface area contributed by atoms with E-state index < -0.39 is 0 Å². The van der Waals surface area contributed by atoms with Gasteiger partial charge in [-0.25, -0.2) is 0 Å². The fourth-order valence-corrected chi connectivity index (χ4v) is 4.30. The largest absolute Gasteiger partial charge is 0.335 e. The monoisotopic (exact) mass is 298 g/mol. The van der Waals surface area contributed by atoms with E-state index in [0.717, 1.165) is 41.9 Å². The minimum atomic E-state index is 0.161. The van der Waals surface area contributed by atoms with Gasteiger partial charge in [-0.3, -0.25) is 4.79 Å². The molecule has 1 amide bonds. The van der Waals surface area contributed by atoms with Gasteiger partial charge in [-0.2, -0.15) is 15.4 Å². The van der Waals surface area contributed by atoms with Crippen LogP contribution in [0, 0.1) is 11.8 Å². The zero-order chi connectivity index (χ0) is 15.1. The number of rotatable bonds is 1. The zero-order valence-corrected chi connectivity index (χ0v) is 13.0. The summed E-state index contributed by atoms with van der Waals surface area (Å²) in [6, 6.07) is 6.04. The van der Waals surface area contributed by atoms with Crippen molar-refractivity contribution in [1.82, 2.24) is 20.3 Å². The first-order valence-corrected chi connectivity index (χ1v) is 8.35. The molecule has 116 valence electrons. The van der Waals surface area contributed by atoms with E-state index in [1.54, 1.807) is 0 Å². The predicted octanol–water partition coefficient (Wildman–Crippen LogP) is 3.00. The molecule has 1 N–H and O–H groups in total. The molecular formula is C17H22N4O. The summed E-state index contributed by atoms with van der Waals surface area (Å²) in [5, 5.41) is 10.7. The predicted molar refractivity (Wildman–Crippen MR) is 84.5 cm³/mol. The molecule has 4 rings (SSSR count). The van der Waals surface area contributed by atoms with Crippen molar-refractivity contribution in [1.29, 1.82) is 0 Å². The Morgan fingerprint density at radius 2 is 2.00 bits per heavy atom. The van der Waals surface area contributed by atoms with Crippen molar-refractivity contribution in [3.63, 3.8) is 0 Å². The van der Waals surface area contributed by atoms with Crippen LogP contribution in [0.5, 0.6) is 0 Å². The minimum absolute atomic E-state index is 0.161. The van der Waals surface area contributed by atoms with E-state index in [2.05, 4.69) is 27.2 Å². The summed E-state index contributed by atoms with van der Waals surface area (Å²) in [5.74, 6) is 1.59. The van der Waals surface area contributed by atoms with Crippen LogP contribution in [-0.2, 0) is 0 Å². The Morgan fingerprint density at radius 3 is 2.91 bits per heavy atom. The molecule has 0 spiro atoms. The number of likely N-dealkylation sites (tertiary alicyclic amines) is 1. The molecular weight excluding hydrogens is 276 g/mol. The lowest BCUT2D eigenvalue weighted by Gasteiger charge is -2.47. The fourth-order valence-electron chi connectivity index (χ4n) is 4.30. The molecule has 5 heteroatoms. The topological polar surface area (TPSA) is 61.9 Å². The minimum Gasteiger partial charge on any atom is -0.335 e. The number of aromatic amines is 1. The van der Waals surface area contributed by atoms with Crippen molar-refractivity contribution in [3.05, 3.63) is 23.8 Å². The average Bonchev–Trinajstić information content (AvgIpc) is 3.02. The summed E-state index contributed by atoms with van der Waals surface area (Å²) < 4.78 is 0. The Labute approximate surface area is 130 Å². The molecule has 1 aromatic carbocycles. The number of nitrogens with zero attached hydrogens (tertiary/aromatic N) is 3. The van der Waals surface area contributed by atoms with Crippen molar-refractivity contribution in [2.24, 2.45) is 11.8 Å². The molecule has 2 aromatic rings. The second-order valence-corrected chi connectivity index (χ2v) is 6.81. The van der Waals surface area contributed by atoms with Gasteiger partial charge in [-0.05, 0) is 49.3 Å². The molecule has 0 unspecified atom stereocenters. The number of amides is 1. The number of aromatic nitrogens is 3. The van der Waals surface area contributed by atoms with Gasteiger partial charge >= 0.3 is 0 Å². The van der Waals surface area contributed by atoms with E-state index >= 15 is 0 Å². The molecule has 1 aromatic heterocycles. The number of benzene rings is 1. The first kappa shape index (κ1) is 13.7. The number of hydrogen-bond acceptors (Lipinski definition) is 3. The van der Waals surface area contributed by atoms with Gasteiger partial charge in [0.15, 0.2) is 0 Å². The van der Waals surface area contributed by atoms with Gasteiger partial charge in [0, 0.05) is 18.2 Å². The third kappa shape index (κ3) is 2.19. The van der Waals surface area contributed by atoms with Crippen LogP contribution >= 0.6 is 0 Å². The van der Waals surface area contributed by atoms with E-state index in [1.807, 2.05) is 18.2 Å². The standard InChI is InChI=1S/C17H22N4O/c1-11-8-9-21(16-5-3-2-4-13(11)16)17(22)12-6-7-14-15(10-12)19-20-18-14/h6-7,10-11,13,16H,2-5,8-9H2,1H3,(H,18,19,20)/t11-,13+,16+/m1/s1. The van der Waals surface area contributed by atoms with Crippen molar-refractivity contribution in [2.75, 3.05) is 6.54 Å². The molecule has 2 aliphatic rings. The van der Waals surface area contributed by atoms with Crippen LogP contribution in [-0.4, -0.2) is 38.8 Å². The highest BCUT2D eigenvalue weighted by atomic mass is 16.2. The van der Waals surface area contributed by atoms with Crippen molar-refractivity contribution < 1.29 is 4.79 Å². The molecule has 1 saturated carbocycles. The average molecular weight is 298 g/mol. The normalized spacial score (nSPS) is 28.6. The lowest BCUT2D eigenvalue weighted by Crippen LogP contribution is -2.52. The van der Waals surface area contributed by atoms with Crippen LogP contribution in [0.4, 0.5) is 0 Å². The SMILES string of the molecule is C[C@@H]1CCN(C(=O)c2ccc3n[nH]nc3c2)[C@H]2CCCC[C@@H]12. The maximum atomic E-state index is 13.0. The number of fused-ring (bicyclic) bond motifs is 2. The summed E-state index contributed by atoms with van der Waals surface area (Å²) in [4.78, 5) is 15.1. The molecule has 1 aliphatic carbocycles. The van der Waals surface area contributed by atoms with Crippen LogP contribution in [0.2, 0.25) is 0 Å². The smallest absolute Gasteiger partial charge is 0.254 e. The Kier molecular flexibility index (Phi) is 3.36. The molecule has 5 nitrogen and oxygen atoms in total. The third-order valence-electron chi connectivity index (χ3n) is 5.56. The first-order valence-electron chi connectivity index (χ1n) is 8.35. The second kappa shape index (κ2) is 5.38. The maximum absolute atomic E-state index is 13.0. The van der Waals surface area contributed by atoms with Crippen LogP contribution in [0.1, 0.15) is 49.4 Å². The van der Waals surface area contributed by atoms with Crippen LogP contribution in [0.15, 0.2) is 18.2 Å². The lowest BCUT2D eigenvalue weighted by atomic mass is 9.72. The van der Waals surface area contributed by atoms with Crippen LogP contribution < -0.4 is 0 Å². The Balaban J connectivity index is 1.63. The summed E-state index contributed by atoms with van der Waals surface area (Å²) in [6.07, 6.45) is 6.13. The Bertz CT molecular complexity index is 695. The number of carbonyl (C=O) groups is 1. The van der Waals surface area contributed by atoms with Gasteiger partial charge in [0.05, 0.1) is 0 Å². The second-order valence-electron chi connectivity index (χ2n) is 6.81. The van der Waals surface area contributed by atoms with E-state index in [9.17, 15) is 4.79 Å². The van der Waals surface area contributed by atoms with Crippen LogP contribution in [0.25, 0.3) is 11.0 Å². The summed E-state index contributed by atoms with van der Waals surface area (Å²) in [5.41, 5.74) is 2.30. The van der Waals surface area contributed by atoms with E-state index in [-0.39, 0.29) is 5.91 Å². The molecule has 1 aliphatic heterocycles. The molecule has 22 heavy (non-hydrogen) atoms. The van der Waals surface area contributed by atoms with E-state index in [4.69, 9.17) is 0 Å². The first-order chi connectivity index (χ1) is 10.7. The molecule has 2 fully saturated rings. The van der Waals surface area contributed by atoms with Gasteiger partial charge in [0.1, 0.15) is 11.0 Å². The quantitative estimate of drug-likeness (QED) is 0.880. The zero-order valence-electron chi connectivity index (χ0n) is 13.0. The number of H-pyrrole nitrogens is 1. The third-order valence-corrected chi connectivity index (χ3v) is 5.56. The van der Waals surface area contributed by atoms with Crippen molar-refractivity contribution in [2.45, 2.75) is 45.1 Å². The van der Waals surface area contributed by atoms with E-state index in [1.165, 1.54) is 19.3 Å². The van der Waals surface area contributed by atoms with Gasteiger partial charge in [0.25, 0.3) is 5.91 Å². The Hall–Kier alpha value is -1.91.